The Bertz CT molecular complexity index is 461. The van der Waals surface area contributed by atoms with Gasteiger partial charge >= 0.3 is 0 Å². The Labute approximate surface area is 121 Å². The zero-order chi connectivity index (χ0) is 13.1. The highest BCUT2D eigenvalue weighted by Crippen LogP contribution is 2.32. The van der Waals surface area contributed by atoms with E-state index in [-0.39, 0.29) is 5.91 Å². The fourth-order valence-electron chi connectivity index (χ4n) is 1.51. The predicted octanol–water partition coefficient (Wildman–Crippen LogP) is 3.73. The average Bonchev–Trinajstić information content (AvgIpc) is 3.10. The molecule has 1 aliphatic rings. The minimum atomic E-state index is -0.0940. The highest BCUT2D eigenvalue weighted by molar-refractivity contribution is 6.44. The van der Waals surface area contributed by atoms with Crippen molar-refractivity contribution in [3.63, 3.8) is 0 Å². The summed E-state index contributed by atoms with van der Waals surface area (Å²) in [6, 6.07) is 3.67. The molecule has 1 amide bonds. The van der Waals surface area contributed by atoms with Gasteiger partial charge in [0.05, 0.1) is 20.8 Å². The molecule has 18 heavy (non-hydrogen) atoms. The van der Waals surface area contributed by atoms with E-state index in [4.69, 9.17) is 34.8 Å². The Kier molecular flexibility index (Phi) is 4.73. The van der Waals surface area contributed by atoms with Crippen LogP contribution in [0.5, 0.6) is 0 Å². The number of hydrogen-bond donors (Lipinski definition) is 2. The fourth-order valence-corrected chi connectivity index (χ4v) is 2.10. The van der Waals surface area contributed by atoms with Crippen LogP contribution in [0.3, 0.4) is 0 Å². The lowest BCUT2D eigenvalue weighted by Gasteiger charge is -2.09. The molecule has 2 rings (SSSR count). The van der Waals surface area contributed by atoms with Crippen LogP contribution < -0.4 is 10.6 Å². The lowest BCUT2D eigenvalue weighted by atomic mass is 10.3. The topological polar surface area (TPSA) is 41.1 Å². The van der Waals surface area contributed by atoms with E-state index < -0.39 is 0 Å². The molecular weight excluding hydrogens is 295 g/mol. The van der Waals surface area contributed by atoms with Crippen LogP contribution in [0.4, 0.5) is 5.69 Å². The molecule has 0 atom stereocenters. The number of nitrogens with one attached hydrogen (secondary N) is 2. The zero-order valence-electron chi connectivity index (χ0n) is 9.60. The predicted molar refractivity (Wildman–Crippen MR) is 75.7 cm³/mol. The number of rotatable bonds is 5. The normalized spacial score (nSPS) is 14.6. The van der Waals surface area contributed by atoms with Crippen LogP contribution in [0.15, 0.2) is 12.1 Å². The molecule has 6 heteroatoms. The second kappa shape index (κ2) is 6.11. The van der Waals surface area contributed by atoms with Gasteiger partial charge in [-0.05, 0) is 25.0 Å². The van der Waals surface area contributed by atoms with Gasteiger partial charge in [-0.25, -0.2) is 0 Å². The molecule has 0 spiro atoms. The van der Waals surface area contributed by atoms with Gasteiger partial charge in [0.25, 0.3) is 0 Å². The quantitative estimate of drug-likeness (QED) is 0.814. The standard InChI is InChI=1S/C12H13Cl3N2O/c13-8-5-10(15)11(6-9(8)14)17-12(18)3-4-16-7-1-2-7/h5-7,16H,1-4H2,(H,17,18). The Morgan fingerprint density at radius 2 is 1.83 bits per heavy atom. The molecule has 0 saturated heterocycles. The van der Waals surface area contributed by atoms with Gasteiger partial charge in [0.2, 0.25) is 5.91 Å². The summed E-state index contributed by atoms with van der Waals surface area (Å²) in [5, 5.41) is 7.11. The second-order valence-corrected chi connectivity index (χ2v) is 5.49. The van der Waals surface area contributed by atoms with E-state index in [0.29, 0.717) is 39.8 Å². The van der Waals surface area contributed by atoms with E-state index in [9.17, 15) is 4.79 Å². The zero-order valence-corrected chi connectivity index (χ0v) is 11.9. The summed E-state index contributed by atoms with van der Waals surface area (Å²) in [5.41, 5.74) is 0.488. The monoisotopic (exact) mass is 306 g/mol. The number of amides is 1. The third kappa shape index (κ3) is 4.02. The summed E-state index contributed by atoms with van der Waals surface area (Å²) in [6.45, 7) is 0.676. The summed E-state index contributed by atoms with van der Waals surface area (Å²) in [7, 11) is 0. The van der Waals surface area contributed by atoms with Crippen LogP contribution in [-0.2, 0) is 4.79 Å². The Hall–Kier alpha value is -0.480. The van der Waals surface area contributed by atoms with Gasteiger partial charge in [-0.1, -0.05) is 34.8 Å². The molecule has 1 saturated carbocycles. The van der Waals surface area contributed by atoms with Crippen LogP contribution in [0.2, 0.25) is 15.1 Å². The minimum absolute atomic E-state index is 0.0940. The maximum atomic E-state index is 11.7. The summed E-state index contributed by atoms with van der Waals surface area (Å²) < 4.78 is 0. The molecule has 0 aromatic heterocycles. The van der Waals surface area contributed by atoms with E-state index in [0.717, 1.165) is 0 Å². The van der Waals surface area contributed by atoms with Gasteiger partial charge in [-0.2, -0.15) is 0 Å². The highest BCUT2D eigenvalue weighted by atomic mass is 35.5. The van der Waals surface area contributed by atoms with Crippen molar-refractivity contribution in [3.8, 4) is 0 Å². The summed E-state index contributed by atoms with van der Waals surface area (Å²) in [5.74, 6) is -0.0940. The van der Waals surface area contributed by atoms with Crippen molar-refractivity contribution >= 4 is 46.4 Å². The van der Waals surface area contributed by atoms with Crippen molar-refractivity contribution in [2.75, 3.05) is 11.9 Å². The molecule has 1 fully saturated rings. The smallest absolute Gasteiger partial charge is 0.225 e. The van der Waals surface area contributed by atoms with E-state index in [1.165, 1.54) is 18.9 Å². The van der Waals surface area contributed by atoms with Crippen LogP contribution in [0.25, 0.3) is 0 Å². The van der Waals surface area contributed by atoms with Gasteiger partial charge in [-0.3, -0.25) is 4.79 Å². The van der Waals surface area contributed by atoms with Crippen molar-refractivity contribution in [3.05, 3.63) is 27.2 Å². The molecule has 1 aromatic rings. The molecule has 1 aromatic carbocycles. The van der Waals surface area contributed by atoms with Gasteiger partial charge in [0.1, 0.15) is 0 Å². The van der Waals surface area contributed by atoms with Crippen LogP contribution >= 0.6 is 34.8 Å². The number of anilines is 1. The molecule has 0 radical (unpaired) electrons. The van der Waals surface area contributed by atoms with Gasteiger partial charge < -0.3 is 10.6 Å². The SMILES string of the molecule is O=C(CCNC1CC1)Nc1cc(Cl)c(Cl)cc1Cl. The molecule has 2 N–H and O–H groups in total. The second-order valence-electron chi connectivity index (χ2n) is 4.27. The molecule has 0 heterocycles. The van der Waals surface area contributed by atoms with Crippen molar-refractivity contribution in [2.45, 2.75) is 25.3 Å². The van der Waals surface area contributed by atoms with Crippen molar-refractivity contribution in [1.82, 2.24) is 5.32 Å². The first-order valence-electron chi connectivity index (χ1n) is 5.74. The first-order valence-corrected chi connectivity index (χ1v) is 6.87. The number of benzene rings is 1. The molecule has 0 bridgehead atoms. The molecule has 1 aliphatic carbocycles. The van der Waals surface area contributed by atoms with E-state index in [1.807, 2.05) is 0 Å². The van der Waals surface area contributed by atoms with Gasteiger partial charge in [-0.15, -0.1) is 0 Å². The Balaban J connectivity index is 1.87. The van der Waals surface area contributed by atoms with Gasteiger partial charge in [0, 0.05) is 19.0 Å². The van der Waals surface area contributed by atoms with Crippen LogP contribution in [-0.4, -0.2) is 18.5 Å². The van der Waals surface area contributed by atoms with Gasteiger partial charge in [0.15, 0.2) is 0 Å². The largest absolute Gasteiger partial charge is 0.325 e. The maximum Gasteiger partial charge on any atom is 0.225 e. The van der Waals surface area contributed by atoms with Crippen LogP contribution in [0.1, 0.15) is 19.3 Å². The molecule has 0 unspecified atom stereocenters. The van der Waals surface area contributed by atoms with E-state index in [2.05, 4.69) is 10.6 Å². The molecular formula is C12H13Cl3N2O. The number of carbonyl (C=O) groups excluding carboxylic acids is 1. The number of halogens is 3. The number of hydrogen-bond acceptors (Lipinski definition) is 2. The Morgan fingerprint density at radius 1 is 1.17 bits per heavy atom. The first kappa shape index (κ1) is 13.9. The minimum Gasteiger partial charge on any atom is -0.325 e. The third-order valence-corrected chi connectivity index (χ3v) is 3.68. The lowest BCUT2D eigenvalue weighted by molar-refractivity contribution is -0.116. The molecule has 0 aliphatic heterocycles. The average molecular weight is 308 g/mol. The highest BCUT2D eigenvalue weighted by Gasteiger charge is 2.20. The summed E-state index contributed by atoms with van der Waals surface area (Å²) >= 11 is 17.6. The summed E-state index contributed by atoms with van der Waals surface area (Å²) in [6.07, 6.45) is 2.83. The Morgan fingerprint density at radius 3 is 2.50 bits per heavy atom. The maximum absolute atomic E-state index is 11.7. The van der Waals surface area contributed by atoms with Crippen molar-refractivity contribution in [2.24, 2.45) is 0 Å². The molecule has 98 valence electrons. The first-order chi connectivity index (χ1) is 8.56. The van der Waals surface area contributed by atoms with Crippen LogP contribution in [0, 0.1) is 0 Å². The molecule has 3 nitrogen and oxygen atoms in total. The van der Waals surface area contributed by atoms with E-state index >= 15 is 0 Å². The summed E-state index contributed by atoms with van der Waals surface area (Å²) in [4.78, 5) is 11.7. The van der Waals surface area contributed by atoms with Crippen molar-refractivity contribution < 1.29 is 4.79 Å². The van der Waals surface area contributed by atoms with Crippen molar-refractivity contribution in [1.29, 1.82) is 0 Å². The lowest BCUT2D eigenvalue weighted by Crippen LogP contribution is -2.23. The third-order valence-electron chi connectivity index (χ3n) is 2.65. The van der Waals surface area contributed by atoms with E-state index in [1.54, 1.807) is 6.07 Å². The fraction of sp³-hybridized carbons (Fsp3) is 0.417. The number of carbonyl (C=O) groups is 1.